The van der Waals surface area contributed by atoms with Crippen molar-refractivity contribution in [3.63, 3.8) is 0 Å². The Morgan fingerprint density at radius 1 is 1.23 bits per heavy atom. The Bertz CT molecular complexity index is 513. The molecule has 1 aliphatic heterocycles. The van der Waals surface area contributed by atoms with E-state index in [2.05, 4.69) is 15.9 Å². The number of rotatable bonds is 6. The van der Waals surface area contributed by atoms with Gasteiger partial charge in [0, 0.05) is 41.1 Å². The van der Waals surface area contributed by atoms with Gasteiger partial charge in [0.25, 0.3) is 0 Å². The highest BCUT2D eigenvalue weighted by Crippen LogP contribution is 2.23. The Labute approximate surface area is 143 Å². The predicted octanol–water partition coefficient (Wildman–Crippen LogP) is 3.64. The molecule has 1 aliphatic rings. The summed E-state index contributed by atoms with van der Waals surface area (Å²) in [4.78, 5) is 25.9. The van der Waals surface area contributed by atoms with Crippen molar-refractivity contribution in [2.75, 3.05) is 18.8 Å². The van der Waals surface area contributed by atoms with Crippen LogP contribution in [0.15, 0.2) is 33.6 Å². The first-order valence-electron chi connectivity index (χ1n) is 7.42. The van der Waals surface area contributed by atoms with E-state index in [0.717, 1.165) is 28.0 Å². The number of benzene rings is 1. The number of amides is 1. The van der Waals surface area contributed by atoms with E-state index in [-0.39, 0.29) is 18.2 Å². The van der Waals surface area contributed by atoms with Crippen LogP contribution < -0.4 is 0 Å². The van der Waals surface area contributed by atoms with Crippen LogP contribution in [0.1, 0.15) is 25.7 Å². The maximum absolute atomic E-state index is 12.2. The zero-order chi connectivity index (χ0) is 15.9. The van der Waals surface area contributed by atoms with Crippen LogP contribution in [0.3, 0.4) is 0 Å². The van der Waals surface area contributed by atoms with Gasteiger partial charge in [-0.05, 0) is 43.0 Å². The number of likely N-dealkylation sites (tertiary alicyclic amines) is 1. The van der Waals surface area contributed by atoms with Crippen LogP contribution in [0.5, 0.6) is 0 Å². The highest BCUT2D eigenvalue weighted by Gasteiger charge is 2.23. The largest absolute Gasteiger partial charge is 0.481 e. The molecular formula is C16H20BrNO3S. The molecule has 0 aromatic heterocycles. The Balaban J connectivity index is 1.68. The number of carbonyl (C=O) groups excluding carboxylic acids is 1. The average Bonchev–Trinajstić information content (AvgIpc) is 2.49. The van der Waals surface area contributed by atoms with Gasteiger partial charge in [-0.15, -0.1) is 11.8 Å². The van der Waals surface area contributed by atoms with Crippen LogP contribution in [-0.2, 0) is 9.59 Å². The first kappa shape index (κ1) is 17.3. The molecule has 1 heterocycles. The molecular weight excluding hydrogens is 366 g/mol. The number of carbonyl (C=O) groups is 2. The van der Waals surface area contributed by atoms with Crippen LogP contribution >= 0.6 is 27.7 Å². The van der Waals surface area contributed by atoms with E-state index in [0.29, 0.717) is 19.5 Å². The zero-order valence-electron chi connectivity index (χ0n) is 12.3. The molecule has 1 amide bonds. The summed E-state index contributed by atoms with van der Waals surface area (Å²) >= 11 is 5.09. The summed E-state index contributed by atoms with van der Waals surface area (Å²) in [7, 11) is 0. The second kappa shape index (κ2) is 8.58. The standard InChI is InChI=1S/C16H20BrNO3S/c17-13-1-3-14(4-2-13)22-10-7-15(19)18-8-5-12(6-9-18)11-16(20)21/h1-4,12H,5-11H2,(H,20,21). The van der Waals surface area contributed by atoms with Crippen LogP contribution in [0.2, 0.25) is 0 Å². The van der Waals surface area contributed by atoms with Gasteiger partial charge in [0.2, 0.25) is 5.91 Å². The summed E-state index contributed by atoms with van der Waals surface area (Å²) in [6, 6.07) is 8.07. The lowest BCUT2D eigenvalue weighted by atomic mass is 9.93. The molecule has 1 aromatic carbocycles. The van der Waals surface area contributed by atoms with E-state index in [1.165, 1.54) is 0 Å². The highest BCUT2D eigenvalue weighted by molar-refractivity contribution is 9.10. The molecule has 0 unspecified atom stereocenters. The molecule has 1 fully saturated rings. The van der Waals surface area contributed by atoms with Crippen molar-refractivity contribution in [1.82, 2.24) is 4.90 Å². The number of piperidine rings is 1. The minimum absolute atomic E-state index is 0.179. The van der Waals surface area contributed by atoms with Gasteiger partial charge in [-0.2, -0.15) is 0 Å². The second-order valence-electron chi connectivity index (χ2n) is 5.47. The van der Waals surface area contributed by atoms with Crippen molar-refractivity contribution in [3.05, 3.63) is 28.7 Å². The Morgan fingerprint density at radius 2 is 1.86 bits per heavy atom. The van der Waals surface area contributed by atoms with Gasteiger partial charge in [0.05, 0.1) is 0 Å². The Kier molecular flexibility index (Phi) is 6.76. The lowest BCUT2D eigenvalue weighted by molar-refractivity contribution is -0.138. The molecule has 1 N–H and O–H groups in total. The van der Waals surface area contributed by atoms with Crippen molar-refractivity contribution >= 4 is 39.6 Å². The van der Waals surface area contributed by atoms with Crippen molar-refractivity contribution in [1.29, 1.82) is 0 Å². The summed E-state index contributed by atoms with van der Waals surface area (Å²) < 4.78 is 1.05. The lowest BCUT2D eigenvalue weighted by Gasteiger charge is -2.31. The Hall–Kier alpha value is -1.01. The van der Waals surface area contributed by atoms with Gasteiger partial charge in [0.15, 0.2) is 0 Å². The van der Waals surface area contributed by atoms with Crippen LogP contribution in [0, 0.1) is 5.92 Å². The monoisotopic (exact) mass is 385 g/mol. The number of carboxylic acids is 1. The normalized spacial score (nSPS) is 15.8. The molecule has 0 bridgehead atoms. The number of halogens is 1. The smallest absolute Gasteiger partial charge is 0.303 e. The molecule has 1 saturated heterocycles. The quantitative estimate of drug-likeness (QED) is 0.759. The van der Waals surface area contributed by atoms with Gasteiger partial charge in [-0.3, -0.25) is 9.59 Å². The fourth-order valence-electron chi connectivity index (χ4n) is 2.58. The maximum Gasteiger partial charge on any atom is 0.303 e. The minimum atomic E-state index is -0.740. The SMILES string of the molecule is O=C(O)CC1CCN(C(=O)CCSc2ccc(Br)cc2)CC1. The van der Waals surface area contributed by atoms with E-state index in [9.17, 15) is 9.59 Å². The summed E-state index contributed by atoms with van der Waals surface area (Å²) in [6.07, 6.45) is 2.36. The summed E-state index contributed by atoms with van der Waals surface area (Å²) in [6.45, 7) is 1.39. The minimum Gasteiger partial charge on any atom is -0.481 e. The van der Waals surface area contributed by atoms with E-state index < -0.39 is 5.97 Å². The number of aliphatic carboxylic acids is 1. The third-order valence-electron chi connectivity index (χ3n) is 3.83. The lowest BCUT2D eigenvalue weighted by Crippen LogP contribution is -2.39. The molecule has 1 aromatic rings. The molecule has 0 saturated carbocycles. The molecule has 22 heavy (non-hydrogen) atoms. The van der Waals surface area contributed by atoms with Crippen LogP contribution in [-0.4, -0.2) is 40.7 Å². The first-order chi connectivity index (χ1) is 10.5. The number of nitrogens with zero attached hydrogens (tertiary/aromatic N) is 1. The summed E-state index contributed by atoms with van der Waals surface area (Å²) in [5, 5.41) is 8.80. The third-order valence-corrected chi connectivity index (χ3v) is 5.37. The zero-order valence-corrected chi connectivity index (χ0v) is 14.7. The maximum atomic E-state index is 12.2. The molecule has 120 valence electrons. The van der Waals surface area contributed by atoms with Gasteiger partial charge in [0.1, 0.15) is 0 Å². The molecule has 2 rings (SSSR count). The second-order valence-corrected chi connectivity index (χ2v) is 7.56. The van der Waals surface area contributed by atoms with Gasteiger partial charge < -0.3 is 10.0 Å². The molecule has 0 spiro atoms. The molecule has 0 atom stereocenters. The molecule has 0 radical (unpaired) electrons. The fraction of sp³-hybridized carbons (Fsp3) is 0.500. The Morgan fingerprint density at radius 3 is 2.45 bits per heavy atom. The van der Waals surface area contributed by atoms with Crippen LogP contribution in [0.4, 0.5) is 0 Å². The number of thioether (sulfide) groups is 1. The number of carboxylic acid groups (broad SMARTS) is 1. The molecule has 6 heteroatoms. The van der Waals surface area contributed by atoms with Crippen molar-refractivity contribution in [2.45, 2.75) is 30.6 Å². The van der Waals surface area contributed by atoms with Crippen molar-refractivity contribution < 1.29 is 14.7 Å². The van der Waals surface area contributed by atoms with E-state index in [1.807, 2.05) is 29.2 Å². The third kappa shape index (κ3) is 5.65. The average molecular weight is 386 g/mol. The predicted molar refractivity (Wildman–Crippen MR) is 91.0 cm³/mol. The van der Waals surface area contributed by atoms with Crippen molar-refractivity contribution in [3.8, 4) is 0 Å². The van der Waals surface area contributed by atoms with E-state index in [1.54, 1.807) is 11.8 Å². The summed E-state index contributed by atoms with van der Waals surface area (Å²) in [5.41, 5.74) is 0. The van der Waals surface area contributed by atoms with Crippen LogP contribution in [0.25, 0.3) is 0 Å². The van der Waals surface area contributed by atoms with Gasteiger partial charge in [-0.25, -0.2) is 0 Å². The van der Waals surface area contributed by atoms with Gasteiger partial charge >= 0.3 is 5.97 Å². The van der Waals surface area contributed by atoms with Gasteiger partial charge in [-0.1, -0.05) is 15.9 Å². The highest BCUT2D eigenvalue weighted by atomic mass is 79.9. The van der Waals surface area contributed by atoms with Crippen molar-refractivity contribution in [2.24, 2.45) is 5.92 Å². The van der Waals surface area contributed by atoms with E-state index >= 15 is 0 Å². The molecule has 0 aliphatic carbocycles. The number of hydrogen-bond donors (Lipinski definition) is 1. The van der Waals surface area contributed by atoms with E-state index in [4.69, 9.17) is 5.11 Å². The topological polar surface area (TPSA) is 57.6 Å². The fourth-order valence-corrected chi connectivity index (χ4v) is 3.68. The summed E-state index contributed by atoms with van der Waals surface area (Å²) in [5.74, 6) is 0.433. The number of hydrogen-bond acceptors (Lipinski definition) is 3. The molecule has 4 nitrogen and oxygen atoms in total. The first-order valence-corrected chi connectivity index (χ1v) is 9.20.